The Morgan fingerprint density at radius 3 is 3.00 bits per heavy atom. The maximum Gasteiger partial charge on any atom is 0.146 e. The fourth-order valence-electron chi connectivity index (χ4n) is 1.25. The van der Waals surface area contributed by atoms with Gasteiger partial charge in [0.05, 0.1) is 4.47 Å². The van der Waals surface area contributed by atoms with Crippen LogP contribution in [-0.2, 0) is 0 Å². The lowest BCUT2D eigenvalue weighted by Gasteiger charge is -2.26. The van der Waals surface area contributed by atoms with Gasteiger partial charge in [-0.2, -0.15) is 0 Å². The Kier molecular flexibility index (Phi) is 4.48. The van der Waals surface area contributed by atoms with E-state index in [0.717, 1.165) is 10.3 Å². The summed E-state index contributed by atoms with van der Waals surface area (Å²) in [6.45, 7) is 1.96. The van der Waals surface area contributed by atoms with E-state index in [0.29, 0.717) is 6.42 Å². The van der Waals surface area contributed by atoms with Gasteiger partial charge in [0.1, 0.15) is 18.0 Å². The molecular weight excluding hydrogens is 274 g/mol. The lowest BCUT2D eigenvalue weighted by Crippen LogP contribution is -2.34. The maximum atomic E-state index is 8.50. The van der Waals surface area contributed by atoms with Crippen LogP contribution >= 0.6 is 15.9 Å². The second-order valence-corrected chi connectivity index (χ2v) is 4.30. The molecule has 16 heavy (non-hydrogen) atoms. The summed E-state index contributed by atoms with van der Waals surface area (Å²) >= 11 is 3.37. The molecule has 0 aliphatic rings. The third-order valence-corrected chi connectivity index (χ3v) is 2.84. The van der Waals surface area contributed by atoms with E-state index in [1.807, 2.05) is 18.9 Å². The predicted octanol–water partition coefficient (Wildman–Crippen LogP) is 1.20. The number of rotatable bonds is 4. The van der Waals surface area contributed by atoms with Gasteiger partial charge in [-0.25, -0.2) is 9.97 Å². The molecule has 0 fully saturated rings. The second kappa shape index (κ2) is 5.64. The average Bonchev–Trinajstić information content (AvgIpc) is 2.28. The maximum absolute atomic E-state index is 8.50. The molecule has 0 amide bonds. The van der Waals surface area contributed by atoms with Crippen molar-refractivity contribution in [3.63, 3.8) is 0 Å². The van der Waals surface area contributed by atoms with Crippen molar-refractivity contribution in [2.45, 2.75) is 19.4 Å². The minimum Gasteiger partial charge on any atom is -0.409 e. The van der Waals surface area contributed by atoms with Crippen LogP contribution < -0.4 is 10.6 Å². The van der Waals surface area contributed by atoms with Crippen LogP contribution in [0, 0.1) is 0 Å². The molecule has 1 heterocycles. The van der Waals surface area contributed by atoms with E-state index in [-0.39, 0.29) is 11.9 Å². The van der Waals surface area contributed by atoms with Crippen molar-refractivity contribution < 1.29 is 5.21 Å². The molecule has 1 aromatic heterocycles. The molecule has 0 radical (unpaired) electrons. The molecule has 88 valence electrons. The highest BCUT2D eigenvalue weighted by Gasteiger charge is 2.15. The molecule has 1 atom stereocenters. The summed E-state index contributed by atoms with van der Waals surface area (Å²) in [6.07, 6.45) is 3.62. The van der Waals surface area contributed by atoms with Crippen molar-refractivity contribution in [3.05, 3.63) is 17.0 Å². The number of hydrogen-bond acceptors (Lipinski definition) is 5. The fourth-order valence-corrected chi connectivity index (χ4v) is 1.76. The second-order valence-electron chi connectivity index (χ2n) is 3.45. The van der Waals surface area contributed by atoms with Crippen molar-refractivity contribution in [1.29, 1.82) is 0 Å². The average molecular weight is 288 g/mol. The van der Waals surface area contributed by atoms with Crippen molar-refractivity contribution in [2.75, 3.05) is 11.9 Å². The summed E-state index contributed by atoms with van der Waals surface area (Å²) in [5.74, 6) is 0.970. The first-order chi connectivity index (χ1) is 7.56. The predicted molar refractivity (Wildman–Crippen MR) is 65.6 cm³/mol. The first kappa shape index (κ1) is 12.7. The molecule has 0 aliphatic heterocycles. The van der Waals surface area contributed by atoms with Crippen molar-refractivity contribution in [3.8, 4) is 0 Å². The standard InChI is InChI=1S/C9H14BrN5O/c1-6(3-8(11)14-16)15(2)9-7(10)4-12-5-13-9/h4-6,16H,3H2,1-2H3,(H2,11,14). The topological polar surface area (TPSA) is 87.6 Å². The molecule has 0 spiro atoms. The Morgan fingerprint density at radius 2 is 2.44 bits per heavy atom. The number of anilines is 1. The van der Waals surface area contributed by atoms with Crippen LogP contribution in [0.1, 0.15) is 13.3 Å². The number of halogens is 1. The Morgan fingerprint density at radius 1 is 1.75 bits per heavy atom. The monoisotopic (exact) mass is 287 g/mol. The molecule has 0 saturated carbocycles. The van der Waals surface area contributed by atoms with Gasteiger partial charge in [-0.3, -0.25) is 0 Å². The van der Waals surface area contributed by atoms with Crippen LogP contribution in [0.2, 0.25) is 0 Å². The molecule has 1 rings (SSSR count). The minimum atomic E-state index is 0.0714. The van der Waals surface area contributed by atoms with Gasteiger partial charge in [-0.15, -0.1) is 0 Å². The molecule has 1 unspecified atom stereocenters. The van der Waals surface area contributed by atoms with Gasteiger partial charge in [0, 0.05) is 25.7 Å². The summed E-state index contributed by atoms with van der Waals surface area (Å²) in [5.41, 5.74) is 5.46. The molecule has 0 bridgehead atoms. The zero-order valence-corrected chi connectivity index (χ0v) is 10.7. The molecule has 7 heteroatoms. The Bertz CT molecular complexity index is 384. The highest BCUT2D eigenvalue weighted by atomic mass is 79.9. The van der Waals surface area contributed by atoms with E-state index >= 15 is 0 Å². The SMILES string of the molecule is CC(CC(N)=NO)N(C)c1ncncc1Br. The number of aromatic nitrogens is 2. The van der Waals surface area contributed by atoms with E-state index in [9.17, 15) is 0 Å². The summed E-state index contributed by atoms with van der Waals surface area (Å²) in [7, 11) is 1.89. The van der Waals surface area contributed by atoms with Crippen LogP contribution in [0.15, 0.2) is 22.2 Å². The molecule has 0 aromatic carbocycles. The largest absolute Gasteiger partial charge is 0.409 e. The van der Waals surface area contributed by atoms with Gasteiger partial charge in [-0.1, -0.05) is 5.16 Å². The smallest absolute Gasteiger partial charge is 0.146 e. The quantitative estimate of drug-likeness (QED) is 0.376. The van der Waals surface area contributed by atoms with E-state index in [1.165, 1.54) is 6.33 Å². The number of hydrogen-bond donors (Lipinski definition) is 2. The number of nitrogens with two attached hydrogens (primary N) is 1. The third-order valence-electron chi connectivity index (χ3n) is 2.28. The van der Waals surface area contributed by atoms with Crippen molar-refractivity contribution in [2.24, 2.45) is 10.9 Å². The number of amidine groups is 1. The molecule has 0 saturated heterocycles. The summed E-state index contributed by atoms with van der Waals surface area (Å²) in [5, 5.41) is 11.5. The van der Waals surface area contributed by atoms with Gasteiger partial charge in [0.25, 0.3) is 0 Å². The molecular formula is C9H14BrN5O. The third kappa shape index (κ3) is 3.06. The molecule has 0 aliphatic carbocycles. The van der Waals surface area contributed by atoms with Crippen LogP contribution in [-0.4, -0.2) is 34.1 Å². The lowest BCUT2D eigenvalue weighted by atomic mass is 10.2. The minimum absolute atomic E-state index is 0.0714. The van der Waals surface area contributed by atoms with Gasteiger partial charge in [0.2, 0.25) is 0 Å². The van der Waals surface area contributed by atoms with E-state index in [4.69, 9.17) is 10.9 Å². The van der Waals surface area contributed by atoms with Crippen LogP contribution in [0.25, 0.3) is 0 Å². The molecule has 6 nitrogen and oxygen atoms in total. The molecule has 1 aromatic rings. The zero-order valence-electron chi connectivity index (χ0n) is 9.13. The van der Waals surface area contributed by atoms with Crippen molar-refractivity contribution >= 4 is 27.6 Å². The molecule has 3 N–H and O–H groups in total. The van der Waals surface area contributed by atoms with E-state index < -0.39 is 0 Å². The summed E-state index contributed by atoms with van der Waals surface area (Å²) < 4.78 is 0.809. The first-order valence-electron chi connectivity index (χ1n) is 4.71. The van der Waals surface area contributed by atoms with Gasteiger partial charge < -0.3 is 15.8 Å². The summed E-state index contributed by atoms with van der Waals surface area (Å²) in [6, 6.07) is 0.0714. The zero-order chi connectivity index (χ0) is 12.1. The van der Waals surface area contributed by atoms with E-state index in [2.05, 4.69) is 31.1 Å². The van der Waals surface area contributed by atoms with Crippen LogP contribution in [0.5, 0.6) is 0 Å². The van der Waals surface area contributed by atoms with Gasteiger partial charge >= 0.3 is 0 Å². The highest BCUT2D eigenvalue weighted by molar-refractivity contribution is 9.10. The lowest BCUT2D eigenvalue weighted by molar-refractivity contribution is 0.316. The number of nitrogens with zero attached hydrogens (tertiary/aromatic N) is 4. The fraction of sp³-hybridized carbons (Fsp3) is 0.444. The van der Waals surface area contributed by atoms with Gasteiger partial charge in [0.15, 0.2) is 0 Å². The first-order valence-corrected chi connectivity index (χ1v) is 5.50. The Labute approximate surface area is 102 Å². The van der Waals surface area contributed by atoms with Crippen LogP contribution in [0.3, 0.4) is 0 Å². The number of oxime groups is 1. The van der Waals surface area contributed by atoms with E-state index in [1.54, 1.807) is 6.20 Å². The normalized spacial score (nSPS) is 13.6. The Balaban J connectivity index is 2.78. The Hall–Kier alpha value is -1.37. The van der Waals surface area contributed by atoms with Gasteiger partial charge in [-0.05, 0) is 22.9 Å². The summed E-state index contributed by atoms with van der Waals surface area (Å²) in [4.78, 5) is 9.98. The highest BCUT2D eigenvalue weighted by Crippen LogP contribution is 2.23. The van der Waals surface area contributed by atoms with Crippen molar-refractivity contribution in [1.82, 2.24) is 9.97 Å². The van der Waals surface area contributed by atoms with Crippen LogP contribution in [0.4, 0.5) is 5.82 Å².